The minimum absolute atomic E-state index is 0.0942. The molecule has 1 aromatic heterocycles. The number of nitrogens with zero attached hydrogens (tertiary/aromatic N) is 3. The van der Waals surface area contributed by atoms with Gasteiger partial charge in [-0.1, -0.05) is 11.6 Å². The third-order valence-electron chi connectivity index (χ3n) is 2.56. The van der Waals surface area contributed by atoms with E-state index < -0.39 is 20.8 Å². The molecule has 1 fully saturated rings. The van der Waals surface area contributed by atoms with Crippen LogP contribution in [0.2, 0.25) is 5.15 Å². The summed E-state index contributed by atoms with van der Waals surface area (Å²) in [5.74, 6) is 0.730. The summed E-state index contributed by atoms with van der Waals surface area (Å²) in [5.41, 5.74) is 0. The van der Waals surface area contributed by atoms with Crippen molar-refractivity contribution >= 4 is 32.4 Å². The minimum Gasteiger partial charge on any atom is -0.324 e. The van der Waals surface area contributed by atoms with E-state index in [1.54, 1.807) is 7.05 Å². The van der Waals surface area contributed by atoms with Crippen molar-refractivity contribution in [2.75, 3.05) is 24.6 Å². The zero-order chi connectivity index (χ0) is 12.6. The number of rotatable bonds is 2. The Hall–Kier alpha value is -0.440. The number of sulfonamides is 1. The largest absolute Gasteiger partial charge is 0.324 e. The van der Waals surface area contributed by atoms with Crippen LogP contribution in [0.3, 0.4) is 0 Å². The zero-order valence-electron chi connectivity index (χ0n) is 9.17. The van der Waals surface area contributed by atoms with Gasteiger partial charge in [0.15, 0.2) is 0 Å². The van der Waals surface area contributed by atoms with E-state index in [2.05, 4.69) is 4.98 Å². The van der Waals surface area contributed by atoms with Crippen LogP contribution in [0, 0.1) is 0 Å². The van der Waals surface area contributed by atoms with Crippen LogP contribution in [-0.2, 0) is 27.9 Å². The predicted molar refractivity (Wildman–Crippen MR) is 64.9 cm³/mol. The summed E-state index contributed by atoms with van der Waals surface area (Å²) in [6.07, 6.45) is 1.36. The van der Waals surface area contributed by atoms with E-state index >= 15 is 0 Å². The first-order valence-corrected chi connectivity index (χ1v) is 8.25. The Labute approximate surface area is 107 Å². The van der Waals surface area contributed by atoms with Crippen molar-refractivity contribution in [3.63, 3.8) is 0 Å². The Morgan fingerprint density at radius 3 is 2.47 bits per heavy atom. The number of aromatic nitrogens is 2. The van der Waals surface area contributed by atoms with Gasteiger partial charge in [0.25, 0.3) is 10.0 Å². The van der Waals surface area contributed by atoms with Gasteiger partial charge in [0.05, 0.1) is 6.33 Å². The molecular formula is C8H12ClN3O3S2. The molecule has 1 saturated heterocycles. The average Bonchev–Trinajstić information content (AvgIpc) is 2.61. The van der Waals surface area contributed by atoms with Gasteiger partial charge >= 0.3 is 0 Å². The first-order valence-electron chi connectivity index (χ1n) is 4.95. The van der Waals surface area contributed by atoms with Gasteiger partial charge in [0.1, 0.15) is 5.15 Å². The highest BCUT2D eigenvalue weighted by Crippen LogP contribution is 2.23. The van der Waals surface area contributed by atoms with E-state index in [1.807, 2.05) is 0 Å². The highest BCUT2D eigenvalue weighted by atomic mass is 35.5. The number of hydrogen-bond acceptors (Lipinski definition) is 4. The van der Waals surface area contributed by atoms with Crippen molar-refractivity contribution < 1.29 is 12.6 Å². The van der Waals surface area contributed by atoms with Gasteiger partial charge in [0, 0.05) is 42.4 Å². The third-order valence-corrected chi connectivity index (χ3v) is 6.22. The maximum Gasteiger partial charge on any atom is 0.263 e. The molecule has 0 atom stereocenters. The van der Waals surface area contributed by atoms with E-state index in [0.717, 1.165) is 0 Å². The summed E-state index contributed by atoms with van der Waals surface area (Å²) in [5, 5.41) is -0.0361. The van der Waals surface area contributed by atoms with Gasteiger partial charge in [-0.2, -0.15) is 4.31 Å². The summed E-state index contributed by atoms with van der Waals surface area (Å²) in [6.45, 7) is 0.504. The van der Waals surface area contributed by atoms with E-state index in [1.165, 1.54) is 15.2 Å². The fraction of sp³-hybridized carbons (Fsp3) is 0.625. The molecule has 0 bridgehead atoms. The Kier molecular flexibility index (Phi) is 3.58. The second-order valence-electron chi connectivity index (χ2n) is 3.70. The number of imidazole rings is 1. The quantitative estimate of drug-likeness (QED) is 0.759. The molecule has 1 aliphatic rings. The van der Waals surface area contributed by atoms with Crippen molar-refractivity contribution in [3.05, 3.63) is 11.5 Å². The molecule has 0 saturated carbocycles. The first-order chi connectivity index (χ1) is 7.93. The predicted octanol–water partition coefficient (Wildman–Crippen LogP) is -0.173. The molecule has 2 heterocycles. The Balaban J connectivity index is 2.31. The fourth-order valence-electron chi connectivity index (χ4n) is 1.55. The number of hydrogen-bond donors (Lipinski definition) is 0. The summed E-state index contributed by atoms with van der Waals surface area (Å²) in [7, 11) is -2.95. The maximum absolute atomic E-state index is 12.2. The molecule has 1 aromatic rings. The standard InChI is InChI=1S/C8H12ClN3O3S2/c1-11-6-10-8(7(11)9)17(14,15)12-2-4-16(13)5-3-12/h6H,2-5H2,1H3. The molecule has 0 aliphatic carbocycles. The number of halogens is 1. The molecule has 17 heavy (non-hydrogen) atoms. The van der Waals surface area contributed by atoms with Gasteiger partial charge in [-0.3, -0.25) is 4.21 Å². The average molecular weight is 298 g/mol. The number of aryl methyl sites for hydroxylation is 1. The van der Waals surface area contributed by atoms with Gasteiger partial charge in [-0.15, -0.1) is 0 Å². The lowest BCUT2D eigenvalue weighted by molar-refractivity contribution is 0.436. The SMILES string of the molecule is Cn1cnc(S(=O)(=O)N2CCS(=O)CC2)c1Cl. The Bertz CT molecular complexity index is 544. The van der Waals surface area contributed by atoms with E-state index in [9.17, 15) is 12.6 Å². The molecule has 0 unspecified atom stereocenters. The van der Waals surface area contributed by atoms with Crippen LogP contribution in [0.5, 0.6) is 0 Å². The molecule has 0 amide bonds. The first kappa shape index (κ1) is 13.0. The second-order valence-corrected chi connectivity index (χ2v) is 7.61. The van der Waals surface area contributed by atoms with Crippen molar-refractivity contribution in [2.24, 2.45) is 7.05 Å². The van der Waals surface area contributed by atoms with Crippen molar-refractivity contribution in [1.82, 2.24) is 13.9 Å². The van der Waals surface area contributed by atoms with Crippen LogP contribution in [0.25, 0.3) is 0 Å². The highest BCUT2D eigenvalue weighted by Gasteiger charge is 2.32. The van der Waals surface area contributed by atoms with Gasteiger partial charge in [0.2, 0.25) is 5.03 Å². The summed E-state index contributed by atoms with van der Waals surface area (Å²) in [6, 6.07) is 0. The summed E-state index contributed by atoms with van der Waals surface area (Å²) >= 11 is 5.88. The lowest BCUT2D eigenvalue weighted by Gasteiger charge is -2.24. The van der Waals surface area contributed by atoms with Crippen molar-refractivity contribution in [2.45, 2.75) is 5.03 Å². The van der Waals surface area contributed by atoms with E-state index in [0.29, 0.717) is 11.5 Å². The molecule has 2 rings (SSSR count). The topological polar surface area (TPSA) is 72.3 Å². The van der Waals surface area contributed by atoms with E-state index in [-0.39, 0.29) is 23.3 Å². The minimum atomic E-state index is -3.66. The molecule has 1 aliphatic heterocycles. The van der Waals surface area contributed by atoms with E-state index in [4.69, 9.17) is 11.6 Å². The molecule has 0 N–H and O–H groups in total. The van der Waals surface area contributed by atoms with Gasteiger partial charge in [-0.25, -0.2) is 13.4 Å². The lowest BCUT2D eigenvalue weighted by atomic mass is 10.6. The molecule has 0 spiro atoms. The van der Waals surface area contributed by atoms with Crippen LogP contribution in [-0.4, -0.2) is 51.1 Å². The normalized spacial score (nSPS) is 19.6. The molecule has 0 aromatic carbocycles. The van der Waals surface area contributed by atoms with Crippen LogP contribution in [0.15, 0.2) is 11.4 Å². The molecule has 0 radical (unpaired) electrons. The summed E-state index contributed by atoms with van der Waals surface area (Å²) < 4.78 is 38.3. The van der Waals surface area contributed by atoms with Gasteiger partial charge in [-0.05, 0) is 0 Å². The molecule has 9 heteroatoms. The van der Waals surface area contributed by atoms with Crippen LogP contribution >= 0.6 is 11.6 Å². The van der Waals surface area contributed by atoms with Crippen LogP contribution < -0.4 is 0 Å². The smallest absolute Gasteiger partial charge is 0.263 e. The van der Waals surface area contributed by atoms with Crippen molar-refractivity contribution in [1.29, 1.82) is 0 Å². The monoisotopic (exact) mass is 297 g/mol. The Morgan fingerprint density at radius 2 is 2.00 bits per heavy atom. The maximum atomic E-state index is 12.2. The second kappa shape index (κ2) is 4.68. The van der Waals surface area contributed by atoms with Crippen LogP contribution in [0.4, 0.5) is 0 Å². The zero-order valence-corrected chi connectivity index (χ0v) is 11.6. The molecule has 96 valence electrons. The summed E-state index contributed by atoms with van der Waals surface area (Å²) in [4.78, 5) is 3.81. The van der Waals surface area contributed by atoms with Crippen LogP contribution in [0.1, 0.15) is 0 Å². The van der Waals surface area contributed by atoms with Crippen molar-refractivity contribution in [3.8, 4) is 0 Å². The Morgan fingerprint density at radius 1 is 1.41 bits per heavy atom. The third kappa shape index (κ3) is 2.40. The molecular weight excluding hydrogens is 286 g/mol. The highest BCUT2D eigenvalue weighted by molar-refractivity contribution is 7.89. The van der Waals surface area contributed by atoms with Gasteiger partial charge < -0.3 is 4.57 Å². The fourth-order valence-corrected chi connectivity index (χ4v) is 4.66. The molecule has 6 nitrogen and oxygen atoms in total. The lowest BCUT2D eigenvalue weighted by Crippen LogP contribution is -2.41.